The van der Waals surface area contributed by atoms with Crippen molar-refractivity contribution in [3.63, 3.8) is 0 Å². The molecule has 8 heteroatoms. The molecule has 0 saturated carbocycles. The molecule has 0 spiro atoms. The molecule has 1 N–H and O–H groups in total. The molecule has 2 aromatic carbocycles. The van der Waals surface area contributed by atoms with Crippen LogP contribution >= 0.6 is 15.9 Å². The van der Waals surface area contributed by atoms with Crippen LogP contribution in [-0.2, 0) is 26.1 Å². The second-order valence-electron chi connectivity index (χ2n) is 7.15. The van der Waals surface area contributed by atoms with Gasteiger partial charge in [0, 0.05) is 24.2 Å². The molecule has 0 radical (unpaired) electrons. The molecular formula is C21H25BrN2O4S. The number of nitrogens with one attached hydrogen (secondary N) is 1. The molecule has 2 aromatic rings. The maximum absolute atomic E-state index is 13.2. The molecule has 156 valence electrons. The van der Waals surface area contributed by atoms with Crippen LogP contribution in [0.5, 0.6) is 0 Å². The van der Waals surface area contributed by atoms with Gasteiger partial charge >= 0.3 is 0 Å². The van der Waals surface area contributed by atoms with Crippen LogP contribution in [0.25, 0.3) is 0 Å². The fourth-order valence-corrected chi connectivity index (χ4v) is 4.78. The van der Waals surface area contributed by atoms with Gasteiger partial charge in [-0.2, -0.15) is 4.31 Å². The van der Waals surface area contributed by atoms with Gasteiger partial charge in [0.1, 0.15) is 0 Å². The molecular weight excluding hydrogens is 456 g/mol. The number of sulfonamides is 1. The minimum atomic E-state index is -3.83. The van der Waals surface area contributed by atoms with Crippen molar-refractivity contribution < 1.29 is 17.9 Å². The highest BCUT2D eigenvalue weighted by Crippen LogP contribution is 2.20. The molecule has 6 nitrogen and oxygen atoms in total. The van der Waals surface area contributed by atoms with E-state index in [2.05, 4.69) is 21.2 Å². The number of carbonyl (C=O) groups is 1. The van der Waals surface area contributed by atoms with Gasteiger partial charge in [0.2, 0.25) is 15.9 Å². The Kier molecular flexibility index (Phi) is 7.45. The van der Waals surface area contributed by atoms with Gasteiger partial charge in [0.25, 0.3) is 0 Å². The highest BCUT2D eigenvalue weighted by molar-refractivity contribution is 9.10. The number of ether oxygens (including phenoxy) is 1. The summed E-state index contributed by atoms with van der Waals surface area (Å²) in [4.78, 5) is 12.7. The Morgan fingerprint density at radius 1 is 1.17 bits per heavy atom. The van der Waals surface area contributed by atoms with E-state index in [1.807, 2.05) is 31.2 Å². The van der Waals surface area contributed by atoms with Crippen LogP contribution in [-0.4, -0.2) is 44.4 Å². The lowest BCUT2D eigenvalue weighted by Gasteiger charge is -2.22. The fraction of sp³-hybridized carbons (Fsp3) is 0.381. The Hall–Kier alpha value is -1.74. The Morgan fingerprint density at radius 3 is 2.48 bits per heavy atom. The van der Waals surface area contributed by atoms with Gasteiger partial charge in [-0.25, -0.2) is 8.42 Å². The molecule has 1 aliphatic rings. The summed E-state index contributed by atoms with van der Waals surface area (Å²) in [5, 5.41) is 2.81. The van der Waals surface area contributed by atoms with Crippen LogP contribution < -0.4 is 5.32 Å². The molecule has 1 atom stereocenters. The molecule has 1 unspecified atom stereocenters. The largest absolute Gasteiger partial charge is 0.376 e. The average molecular weight is 481 g/mol. The van der Waals surface area contributed by atoms with E-state index in [-0.39, 0.29) is 30.0 Å². The molecule has 3 rings (SSSR count). The normalized spacial score (nSPS) is 16.9. The molecule has 0 aliphatic carbocycles. The van der Waals surface area contributed by atoms with Crippen LogP contribution in [0.3, 0.4) is 0 Å². The summed E-state index contributed by atoms with van der Waals surface area (Å²) >= 11 is 3.38. The number of amides is 1. The number of rotatable bonds is 8. The lowest BCUT2D eigenvalue weighted by atomic mass is 10.2. The van der Waals surface area contributed by atoms with Crippen molar-refractivity contribution in [2.24, 2.45) is 0 Å². The van der Waals surface area contributed by atoms with Crippen LogP contribution in [0.4, 0.5) is 0 Å². The maximum Gasteiger partial charge on any atom is 0.243 e. The van der Waals surface area contributed by atoms with E-state index in [9.17, 15) is 13.2 Å². The highest BCUT2D eigenvalue weighted by atomic mass is 79.9. The number of carbonyl (C=O) groups excluding carboxylic acids is 1. The van der Waals surface area contributed by atoms with Crippen molar-refractivity contribution in [3.05, 3.63) is 64.1 Å². The van der Waals surface area contributed by atoms with Crippen molar-refractivity contribution in [3.8, 4) is 0 Å². The van der Waals surface area contributed by atoms with E-state index in [0.29, 0.717) is 13.2 Å². The minimum Gasteiger partial charge on any atom is -0.376 e. The zero-order valence-corrected chi connectivity index (χ0v) is 18.7. The van der Waals surface area contributed by atoms with Crippen molar-refractivity contribution in [1.29, 1.82) is 0 Å². The number of aryl methyl sites for hydroxylation is 1. The maximum atomic E-state index is 13.2. The first-order valence-electron chi connectivity index (χ1n) is 9.54. The number of hydrogen-bond donors (Lipinski definition) is 1. The van der Waals surface area contributed by atoms with E-state index >= 15 is 0 Å². The van der Waals surface area contributed by atoms with E-state index < -0.39 is 10.0 Å². The predicted octanol–water partition coefficient (Wildman–Crippen LogP) is 3.24. The quantitative estimate of drug-likeness (QED) is 0.628. The van der Waals surface area contributed by atoms with E-state index in [1.54, 1.807) is 24.3 Å². The third kappa shape index (κ3) is 6.12. The summed E-state index contributed by atoms with van der Waals surface area (Å²) in [6.45, 7) is 2.86. The SMILES string of the molecule is Cc1ccc(S(=O)(=O)N(CC(=O)NCC2CCCO2)Cc2ccc(Br)cc2)cc1. The van der Waals surface area contributed by atoms with Gasteiger partial charge in [-0.15, -0.1) is 0 Å². The summed E-state index contributed by atoms with van der Waals surface area (Å²) in [5.41, 5.74) is 1.77. The average Bonchev–Trinajstić information content (AvgIpc) is 3.21. The first kappa shape index (κ1) is 22.0. The minimum absolute atomic E-state index is 0.00702. The Labute approximate surface area is 180 Å². The molecule has 0 bridgehead atoms. The van der Waals surface area contributed by atoms with Crippen molar-refractivity contribution in [2.45, 2.75) is 37.3 Å². The van der Waals surface area contributed by atoms with Gasteiger partial charge in [-0.3, -0.25) is 4.79 Å². The Morgan fingerprint density at radius 2 is 1.86 bits per heavy atom. The summed E-state index contributed by atoms with van der Waals surface area (Å²) in [6.07, 6.45) is 1.90. The Balaban J connectivity index is 1.77. The topological polar surface area (TPSA) is 75.7 Å². The predicted molar refractivity (Wildman–Crippen MR) is 115 cm³/mol. The second kappa shape index (κ2) is 9.84. The van der Waals surface area contributed by atoms with Crippen LogP contribution in [0.15, 0.2) is 57.9 Å². The van der Waals surface area contributed by atoms with Crippen molar-refractivity contribution >= 4 is 31.9 Å². The lowest BCUT2D eigenvalue weighted by Crippen LogP contribution is -2.42. The lowest BCUT2D eigenvalue weighted by molar-refractivity contribution is -0.121. The van der Waals surface area contributed by atoms with E-state index in [1.165, 1.54) is 4.31 Å². The fourth-order valence-electron chi connectivity index (χ4n) is 3.13. The van der Waals surface area contributed by atoms with Gasteiger partial charge < -0.3 is 10.1 Å². The van der Waals surface area contributed by atoms with Crippen molar-refractivity contribution in [2.75, 3.05) is 19.7 Å². The van der Waals surface area contributed by atoms with Crippen LogP contribution in [0, 0.1) is 6.92 Å². The third-order valence-electron chi connectivity index (χ3n) is 4.80. The first-order valence-corrected chi connectivity index (χ1v) is 11.8. The summed E-state index contributed by atoms with van der Waals surface area (Å²) in [6, 6.07) is 14.0. The number of halogens is 1. The standard InChI is InChI=1S/C21H25BrN2O4S/c1-16-4-10-20(11-5-16)29(26,27)24(14-17-6-8-18(22)9-7-17)15-21(25)23-13-19-3-2-12-28-19/h4-11,19H,2-3,12-15H2,1H3,(H,23,25). The third-order valence-corrected chi connectivity index (χ3v) is 7.14. The monoisotopic (exact) mass is 480 g/mol. The number of nitrogens with zero attached hydrogens (tertiary/aromatic N) is 1. The van der Waals surface area contributed by atoms with Gasteiger partial charge in [-0.1, -0.05) is 45.8 Å². The highest BCUT2D eigenvalue weighted by Gasteiger charge is 2.27. The molecule has 1 heterocycles. The summed E-state index contributed by atoms with van der Waals surface area (Å²) in [7, 11) is -3.83. The second-order valence-corrected chi connectivity index (χ2v) is 10.0. The van der Waals surface area contributed by atoms with Gasteiger partial charge in [-0.05, 0) is 49.6 Å². The summed E-state index contributed by atoms with van der Waals surface area (Å²) in [5.74, 6) is -0.340. The molecule has 1 saturated heterocycles. The van der Waals surface area contributed by atoms with Crippen LogP contribution in [0.1, 0.15) is 24.0 Å². The Bertz CT molecular complexity index is 924. The first-order chi connectivity index (χ1) is 13.8. The van der Waals surface area contributed by atoms with Crippen molar-refractivity contribution in [1.82, 2.24) is 9.62 Å². The molecule has 1 fully saturated rings. The number of benzene rings is 2. The smallest absolute Gasteiger partial charge is 0.243 e. The van der Waals surface area contributed by atoms with Gasteiger partial charge in [0.15, 0.2) is 0 Å². The molecule has 1 amide bonds. The van der Waals surface area contributed by atoms with E-state index in [0.717, 1.165) is 28.4 Å². The van der Waals surface area contributed by atoms with E-state index in [4.69, 9.17) is 4.74 Å². The van der Waals surface area contributed by atoms with Gasteiger partial charge in [0.05, 0.1) is 17.5 Å². The van der Waals surface area contributed by atoms with Crippen LogP contribution in [0.2, 0.25) is 0 Å². The number of hydrogen-bond acceptors (Lipinski definition) is 4. The zero-order valence-electron chi connectivity index (χ0n) is 16.3. The molecule has 1 aliphatic heterocycles. The summed E-state index contributed by atoms with van der Waals surface area (Å²) < 4.78 is 34.1. The zero-order chi connectivity index (χ0) is 20.9. The molecule has 0 aromatic heterocycles. The molecule has 29 heavy (non-hydrogen) atoms.